The Bertz CT molecular complexity index is 864. The Morgan fingerprint density at radius 2 is 1.88 bits per heavy atom. The standard InChI is InChI=1S/C18H13F3N2O2/c1-11-14(4-7-17(23)24)8-12(10-22)9-16(11)13-2-5-15(6-3-13)25-18(19,20)21/h2-9H,1H3,(H2,23,24)/b7-4+. The summed E-state index contributed by atoms with van der Waals surface area (Å²) in [5.41, 5.74) is 8.06. The van der Waals surface area contributed by atoms with Crippen molar-refractivity contribution in [2.24, 2.45) is 5.73 Å². The lowest BCUT2D eigenvalue weighted by molar-refractivity contribution is -0.274. The van der Waals surface area contributed by atoms with Crippen LogP contribution in [0.1, 0.15) is 16.7 Å². The van der Waals surface area contributed by atoms with Gasteiger partial charge in [0.15, 0.2) is 0 Å². The van der Waals surface area contributed by atoms with Gasteiger partial charge >= 0.3 is 6.36 Å². The molecule has 4 nitrogen and oxygen atoms in total. The van der Waals surface area contributed by atoms with Gasteiger partial charge in [0.2, 0.25) is 5.91 Å². The Morgan fingerprint density at radius 3 is 2.40 bits per heavy atom. The second kappa shape index (κ2) is 7.09. The number of nitriles is 1. The first-order chi connectivity index (χ1) is 11.7. The fourth-order valence-corrected chi connectivity index (χ4v) is 2.28. The van der Waals surface area contributed by atoms with E-state index < -0.39 is 12.3 Å². The number of rotatable bonds is 4. The van der Waals surface area contributed by atoms with E-state index in [2.05, 4.69) is 4.74 Å². The van der Waals surface area contributed by atoms with Crippen LogP contribution < -0.4 is 10.5 Å². The highest BCUT2D eigenvalue weighted by Gasteiger charge is 2.30. The van der Waals surface area contributed by atoms with Gasteiger partial charge in [0.1, 0.15) is 5.75 Å². The summed E-state index contributed by atoms with van der Waals surface area (Å²) in [6.45, 7) is 1.78. The molecule has 0 aliphatic rings. The van der Waals surface area contributed by atoms with Gasteiger partial charge < -0.3 is 10.5 Å². The molecule has 128 valence electrons. The van der Waals surface area contributed by atoms with E-state index in [0.717, 1.165) is 5.56 Å². The van der Waals surface area contributed by atoms with Gasteiger partial charge in [0, 0.05) is 6.08 Å². The van der Waals surface area contributed by atoms with E-state index in [1.54, 1.807) is 19.1 Å². The van der Waals surface area contributed by atoms with Crippen LogP contribution in [0.3, 0.4) is 0 Å². The van der Waals surface area contributed by atoms with E-state index in [0.29, 0.717) is 22.3 Å². The number of nitrogens with zero attached hydrogens (tertiary/aromatic N) is 1. The molecule has 25 heavy (non-hydrogen) atoms. The third kappa shape index (κ3) is 4.85. The molecule has 2 N–H and O–H groups in total. The average Bonchev–Trinajstić information content (AvgIpc) is 2.53. The van der Waals surface area contributed by atoms with Gasteiger partial charge in [-0.1, -0.05) is 12.1 Å². The van der Waals surface area contributed by atoms with Gasteiger partial charge in [0.25, 0.3) is 0 Å². The lowest BCUT2D eigenvalue weighted by Gasteiger charge is -2.12. The normalized spacial score (nSPS) is 11.3. The maximum atomic E-state index is 12.2. The van der Waals surface area contributed by atoms with Gasteiger partial charge in [-0.05, 0) is 59.5 Å². The van der Waals surface area contributed by atoms with Crippen LogP contribution in [0.25, 0.3) is 17.2 Å². The SMILES string of the molecule is Cc1c(/C=C/C(N)=O)cc(C#N)cc1-c1ccc(OC(F)(F)F)cc1. The second-order valence-corrected chi connectivity index (χ2v) is 5.16. The number of primary amides is 1. The molecule has 0 unspecified atom stereocenters. The van der Waals surface area contributed by atoms with E-state index in [4.69, 9.17) is 11.0 Å². The summed E-state index contributed by atoms with van der Waals surface area (Å²) in [6.07, 6.45) is -2.10. The summed E-state index contributed by atoms with van der Waals surface area (Å²) in [5, 5.41) is 9.16. The van der Waals surface area contributed by atoms with Gasteiger partial charge in [0.05, 0.1) is 11.6 Å². The van der Waals surface area contributed by atoms with Crippen LogP contribution in [-0.2, 0) is 4.79 Å². The minimum Gasteiger partial charge on any atom is -0.406 e. The summed E-state index contributed by atoms with van der Waals surface area (Å²) in [4.78, 5) is 10.9. The van der Waals surface area contributed by atoms with Crippen LogP contribution in [0.4, 0.5) is 13.2 Å². The van der Waals surface area contributed by atoms with Crippen molar-refractivity contribution >= 4 is 12.0 Å². The molecular weight excluding hydrogens is 333 g/mol. The zero-order chi connectivity index (χ0) is 18.6. The molecule has 0 heterocycles. The van der Waals surface area contributed by atoms with Crippen molar-refractivity contribution in [2.45, 2.75) is 13.3 Å². The van der Waals surface area contributed by atoms with E-state index in [9.17, 15) is 18.0 Å². The zero-order valence-electron chi connectivity index (χ0n) is 13.1. The van der Waals surface area contributed by atoms with Crippen molar-refractivity contribution in [3.63, 3.8) is 0 Å². The van der Waals surface area contributed by atoms with E-state index in [1.807, 2.05) is 6.07 Å². The molecule has 0 aliphatic carbocycles. The third-order valence-corrected chi connectivity index (χ3v) is 3.40. The minimum atomic E-state index is -4.76. The molecule has 0 saturated heterocycles. The van der Waals surface area contributed by atoms with Crippen molar-refractivity contribution < 1.29 is 22.7 Å². The van der Waals surface area contributed by atoms with Crippen molar-refractivity contribution in [3.05, 3.63) is 59.2 Å². The van der Waals surface area contributed by atoms with Crippen LogP contribution in [0.2, 0.25) is 0 Å². The van der Waals surface area contributed by atoms with E-state index in [-0.39, 0.29) is 5.75 Å². The Hall–Kier alpha value is -3.27. The first-order valence-corrected chi connectivity index (χ1v) is 7.08. The number of ether oxygens (including phenoxy) is 1. The van der Waals surface area contributed by atoms with Gasteiger partial charge in [-0.2, -0.15) is 5.26 Å². The number of amides is 1. The van der Waals surface area contributed by atoms with Crippen LogP contribution in [0.15, 0.2) is 42.5 Å². The lowest BCUT2D eigenvalue weighted by atomic mass is 9.93. The molecule has 0 bridgehead atoms. The number of carbonyl (C=O) groups is 1. The van der Waals surface area contributed by atoms with Crippen LogP contribution >= 0.6 is 0 Å². The number of halogens is 3. The smallest absolute Gasteiger partial charge is 0.406 e. The number of hydrogen-bond donors (Lipinski definition) is 1. The Morgan fingerprint density at radius 1 is 1.24 bits per heavy atom. The van der Waals surface area contributed by atoms with Crippen LogP contribution in [0, 0.1) is 18.3 Å². The van der Waals surface area contributed by atoms with Crippen molar-refractivity contribution in [1.82, 2.24) is 0 Å². The molecular formula is C18H13F3N2O2. The highest BCUT2D eigenvalue weighted by molar-refractivity contribution is 5.91. The zero-order valence-corrected chi connectivity index (χ0v) is 13.1. The topological polar surface area (TPSA) is 76.1 Å². The first kappa shape index (κ1) is 18.1. The highest BCUT2D eigenvalue weighted by Crippen LogP contribution is 2.31. The van der Waals surface area contributed by atoms with Crippen molar-refractivity contribution in [2.75, 3.05) is 0 Å². The van der Waals surface area contributed by atoms with Gasteiger partial charge in [-0.3, -0.25) is 4.79 Å². The van der Waals surface area contributed by atoms with Gasteiger partial charge in [-0.25, -0.2) is 0 Å². The van der Waals surface area contributed by atoms with E-state index >= 15 is 0 Å². The summed E-state index contributed by atoms with van der Waals surface area (Å²) in [5.74, 6) is -0.962. The predicted octanol–water partition coefficient (Wildman–Crippen LogP) is 3.93. The largest absolute Gasteiger partial charge is 0.573 e. The monoisotopic (exact) mass is 346 g/mol. The maximum absolute atomic E-state index is 12.2. The number of nitrogens with two attached hydrogens (primary N) is 1. The van der Waals surface area contributed by atoms with Crippen LogP contribution in [0.5, 0.6) is 5.75 Å². The molecule has 2 aromatic rings. The quantitative estimate of drug-likeness (QED) is 0.852. The summed E-state index contributed by atoms with van der Waals surface area (Å²) in [7, 11) is 0. The second-order valence-electron chi connectivity index (χ2n) is 5.16. The first-order valence-electron chi connectivity index (χ1n) is 7.08. The minimum absolute atomic E-state index is 0.334. The molecule has 2 rings (SSSR count). The summed E-state index contributed by atoms with van der Waals surface area (Å²) >= 11 is 0. The number of hydrogen-bond acceptors (Lipinski definition) is 3. The fraction of sp³-hybridized carbons (Fsp3) is 0.111. The molecule has 2 aromatic carbocycles. The Kier molecular flexibility index (Phi) is 5.13. The highest BCUT2D eigenvalue weighted by atomic mass is 19.4. The Balaban J connectivity index is 2.46. The molecule has 0 aliphatic heterocycles. The fourth-order valence-electron chi connectivity index (χ4n) is 2.28. The van der Waals surface area contributed by atoms with Gasteiger partial charge in [-0.15, -0.1) is 13.2 Å². The molecule has 0 radical (unpaired) electrons. The summed E-state index contributed by atoms with van der Waals surface area (Å²) < 4.78 is 40.5. The number of alkyl halides is 3. The molecule has 0 spiro atoms. The third-order valence-electron chi connectivity index (χ3n) is 3.40. The molecule has 7 heteroatoms. The maximum Gasteiger partial charge on any atom is 0.573 e. The molecule has 0 fully saturated rings. The van der Waals surface area contributed by atoms with Crippen molar-refractivity contribution in [1.29, 1.82) is 5.26 Å². The van der Waals surface area contributed by atoms with Crippen molar-refractivity contribution in [3.8, 4) is 22.9 Å². The molecule has 1 amide bonds. The molecule has 0 atom stereocenters. The lowest BCUT2D eigenvalue weighted by Crippen LogP contribution is -2.16. The molecule has 0 aromatic heterocycles. The van der Waals surface area contributed by atoms with E-state index in [1.165, 1.54) is 36.4 Å². The number of benzene rings is 2. The molecule has 0 saturated carbocycles. The average molecular weight is 346 g/mol. The Labute approximate surface area is 141 Å². The summed E-state index contributed by atoms with van der Waals surface area (Å²) in [6, 6.07) is 10.5. The predicted molar refractivity (Wildman–Crippen MR) is 86.2 cm³/mol. The number of carbonyl (C=O) groups excluding carboxylic acids is 1. The van der Waals surface area contributed by atoms with Crippen LogP contribution in [-0.4, -0.2) is 12.3 Å².